The minimum absolute atomic E-state index is 0.340. The highest BCUT2D eigenvalue weighted by Gasteiger charge is 2.14. The minimum atomic E-state index is -2.29. The molecule has 0 radical (unpaired) electrons. The molecule has 5 heteroatoms. The van der Waals surface area contributed by atoms with Gasteiger partial charge in [0.25, 0.3) is 0 Å². The van der Waals surface area contributed by atoms with Crippen LogP contribution in [0.3, 0.4) is 0 Å². The third-order valence-electron chi connectivity index (χ3n) is 1.71. The van der Waals surface area contributed by atoms with E-state index in [0.29, 0.717) is 5.56 Å². The molecule has 0 saturated heterocycles. The summed E-state index contributed by atoms with van der Waals surface area (Å²) in [6.07, 6.45) is 0. The fourth-order valence-electron chi connectivity index (χ4n) is 1.04. The van der Waals surface area contributed by atoms with Gasteiger partial charge in [0, 0.05) is 11.3 Å². The molecule has 0 amide bonds. The van der Waals surface area contributed by atoms with Gasteiger partial charge in [0.15, 0.2) is 5.78 Å². The quantitative estimate of drug-likeness (QED) is 0.565. The van der Waals surface area contributed by atoms with Crippen molar-refractivity contribution in [3.05, 3.63) is 35.9 Å². The van der Waals surface area contributed by atoms with Gasteiger partial charge in [-0.05, 0) is 0 Å². The highest BCUT2D eigenvalue weighted by molar-refractivity contribution is 7.79. The Labute approximate surface area is 84.4 Å². The summed E-state index contributed by atoms with van der Waals surface area (Å²) in [5, 5.41) is 0. The average Bonchev–Trinajstić information content (AvgIpc) is 2.17. The number of hydrogen-bond acceptors (Lipinski definition) is 4. The number of ketones is 1. The molecule has 76 valence electrons. The fourth-order valence-corrected chi connectivity index (χ4v) is 1.48. The Kier molecular flexibility index (Phi) is 3.94. The van der Waals surface area contributed by atoms with Crippen LogP contribution in [0.2, 0.25) is 0 Å². The first kappa shape index (κ1) is 11.0. The SMILES string of the molecule is NC(CS(=O)[O-])C(=O)c1ccccc1. The predicted molar refractivity (Wildman–Crippen MR) is 52.5 cm³/mol. The minimum Gasteiger partial charge on any atom is -0.772 e. The molecule has 2 N–H and O–H groups in total. The van der Waals surface area contributed by atoms with Crippen molar-refractivity contribution in [2.45, 2.75) is 6.04 Å². The first-order valence-electron chi connectivity index (χ1n) is 4.02. The Morgan fingerprint density at radius 1 is 1.43 bits per heavy atom. The summed E-state index contributed by atoms with van der Waals surface area (Å²) in [7, 11) is 0. The number of rotatable bonds is 4. The molecule has 1 rings (SSSR count). The highest BCUT2D eigenvalue weighted by atomic mass is 32.2. The van der Waals surface area contributed by atoms with Gasteiger partial charge in [-0.2, -0.15) is 0 Å². The molecular weight excluding hydrogens is 202 g/mol. The number of Topliss-reactive ketones (excluding diaryl/α,β-unsaturated/α-hetero) is 1. The molecule has 0 aromatic heterocycles. The average molecular weight is 212 g/mol. The normalized spacial score (nSPS) is 14.7. The van der Waals surface area contributed by atoms with Crippen molar-refractivity contribution < 1.29 is 13.6 Å². The molecule has 0 fully saturated rings. The monoisotopic (exact) mass is 212 g/mol. The van der Waals surface area contributed by atoms with Crippen LogP contribution in [0.25, 0.3) is 0 Å². The van der Waals surface area contributed by atoms with Crippen LogP contribution in [0.5, 0.6) is 0 Å². The third-order valence-corrected chi connectivity index (χ3v) is 2.34. The summed E-state index contributed by atoms with van der Waals surface area (Å²) in [6, 6.07) is 7.41. The zero-order chi connectivity index (χ0) is 10.6. The second-order valence-electron chi connectivity index (χ2n) is 2.81. The smallest absolute Gasteiger partial charge is 0.180 e. The van der Waals surface area contributed by atoms with Crippen molar-refractivity contribution in [3.63, 3.8) is 0 Å². The van der Waals surface area contributed by atoms with Crippen molar-refractivity contribution in [1.29, 1.82) is 0 Å². The Morgan fingerprint density at radius 3 is 2.50 bits per heavy atom. The highest BCUT2D eigenvalue weighted by Crippen LogP contribution is 2.02. The second-order valence-corrected chi connectivity index (χ2v) is 3.75. The first-order chi connectivity index (χ1) is 6.61. The molecule has 0 heterocycles. The first-order valence-corrected chi connectivity index (χ1v) is 5.26. The molecule has 14 heavy (non-hydrogen) atoms. The molecule has 1 aromatic carbocycles. The van der Waals surface area contributed by atoms with E-state index in [1.165, 1.54) is 0 Å². The van der Waals surface area contributed by atoms with Crippen molar-refractivity contribution in [3.8, 4) is 0 Å². The molecule has 4 nitrogen and oxygen atoms in total. The lowest BCUT2D eigenvalue weighted by Crippen LogP contribution is -2.35. The van der Waals surface area contributed by atoms with Crippen LogP contribution in [-0.2, 0) is 11.1 Å². The van der Waals surface area contributed by atoms with Crippen molar-refractivity contribution in [2.75, 3.05) is 5.75 Å². The van der Waals surface area contributed by atoms with Crippen LogP contribution < -0.4 is 5.73 Å². The van der Waals surface area contributed by atoms with Gasteiger partial charge in [-0.3, -0.25) is 9.00 Å². The Hall–Kier alpha value is -1.04. The van der Waals surface area contributed by atoms with Crippen molar-refractivity contribution in [2.24, 2.45) is 5.73 Å². The molecular formula is C9H10NO3S-. The van der Waals surface area contributed by atoms with Crippen molar-refractivity contribution >= 4 is 16.9 Å². The number of hydrogen-bond donors (Lipinski definition) is 1. The van der Waals surface area contributed by atoms with E-state index in [4.69, 9.17) is 5.73 Å². The van der Waals surface area contributed by atoms with Crippen LogP contribution in [0.15, 0.2) is 30.3 Å². The lowest BCUT2D eigenvalue weighted by atomic mass is 10.1. The Morgan fingerprint density at radius 2 is 2.00 bits per heavy atom. The topological polar surface area (TPSA) is 83.2 Å². The van der Waals surface area contributed by atoms with Gasteiger partial charge >= 0.3 is 0 Å². The van der Waals surface area contributed by atoms with Gasteiger partial charge in [0.1, 0.15) is 0 Å². The van der Waals surface area contributed by atoms with E-state index in [0.717, 1.165) is 0 Å². The number of carbonyl (C=O) groups excluding carboxylic acids is 1. The maximum absolute atomic E-state index is 11.5. The van der Waals surface area contributed by atoms with Crippen molar-refractivity contribution in [1.82, 2.24) is 0 Å². The lowest BCUT2D eigenvalue weighted by molar-refractivity contribution is 0.0968. The maximum atomic E-state index is 11.5. The summed E-state index contributed by atoms with van der Waals surface area (Å²) in [6.45, 7) is 0. The third kappa shape index (κ3) is 3.02. The summed E-state index contributed by atoms with van der Waals surface area (Å²) in [5.41, 5.74) is 5.84. The van der Waals surface area contributed by atoms with E-state index in [1.54, 1.807) is 30.3 Å². The van der Waals surface area contributed by atoms with Gasteiger partial charge in [-0.1, -0.05) is 41.4 Å². The van der Waals surface area contributed by atoms with Crippen LogP contribution >= 0.6 is 0 Å². The van der Waals surface area contributed by atoms with Gasteiger partial charge < -0.3 is 10.3 Å². The van der Waals surface area contributed by atoms with Gasteiger partial charge in [-0.25, -0.2) is 0 Å². The fraction of sp³-hybridized carbons (Fsp3) is 0.222. The molecule has 0 spiro atoms. The summed E-state index contributed by atoms with van der Waals surface area (Å²) in [4.78, 5) is 11.5. The van der Waals surface area contributed by atoms with Gasteiger partial charge in [0.05, 0.1) is 6.04 Å². The van der Waals surface area contributed by atoms with Gasteiger partial charge in [0.2, 0.25) is 0 Å². The number of carbonyl (C=O) groups is 1. The van der Waals surface area contributed by atoms with Crippen LogP contribution in [0.1, 0.15) is 10.4 Å². The molecule has 0 aliphatic rings. The number of benzene rings is 1. The molecule has 2 unspecified atom stereocenters. The van der Waals surface area contributed by atoms with E-state index < -0.39 is 17.1 Å². The zero-order valence-electron chi connectivity index (χ0n) is 7.38. The van der Waals surface area contributed by atoms with E-state index in [2.05, 4.69) is 0 Å². The standard InChI is InChI=1S/C9H11NO3S/c10-8(6-14(12)13)9(11)7-4-2-1-3-5-7/h1-5,8H,6,10H2,(H,12,13)/p-1. The van der Waals surface area contributed by atoms with Crippen LogP contribution in [0, 0.1) is 0 Å². The van der Waals surface area contributed by atoms with Gasteiger partial charge in [-0.15, -0.1) is 0 Å². The summed E-state index contributed by atoms with van der Waals surface area (Å²) < 4.78 is 20.6. The second kappa shape index (κ2) is 4.99. The molecule has 0 aliphatic heterocycles. The summed E-state index contributed by atoms with van der Waals surface area (Å²) in [5.74, 6) is -0.692. The Balaban J connectivity index is 2.71. The van der Waals surface area contributed by atoms with E-state index in [-0.39, 0.29) is 11.5 Å². The Bertz CT molecular complexity index is 339. The largest absolute Gasteiger partial charge is 0.772 e. The number of nitrogens with two attached hydrogens (primary N) is 1. The van der Waals surface area contributed by atoms with E-state index in [9.17, 15) is 13.6 Å². The van der Waals surface area contributed by atoms with Crippen LogP contribution in [-0.4, -0.2) is 26.3 Å². The molecule has 1 aromatic rings. The maximum Gasteiger partial charge on any atom is 0.180 e. The van der Waals surface area contributed by atoms with Crippen LogP contribution in [0.4, 0.5) is 0 Å². The molecule has 0 aliphatic carbocycles. The van der Waals surface area contributed by atoms with E-state index >= 15 is 0 Å². The van der Waals surface area contributed by atoms with E-state index in [1.807, 2.05) is 0 Å². The molecule has 0 saturated carbocycles. The molecule has 2 atom stereocenters. The predicted octanol–water partition coefficient (Wildman–Crippen LogP) is 0.0757. The summed E-state index contributed by atoms with van der Waals surface area (Å²) >= 11 is -2.29. The zero-order valence-corrected chi connectivity index (χ0v) is 8.20. The lowest BCUT2D eigenvalue weighted by Gasteiger charge is -2.11. The molecule has 0 bridgehead atoms.